The molecule has 0 amide bonds. The monoisotopic (exact) mass is 262 g/mol. The number of fused-ring (bicyclic) bond motifs is 1. The highest BCUT2D eigenvalue weighted by molar-refractivity contribution is 5.86. The van der Waals surface area contributed by atoms with Crippen molar-refractivity contribution in [2.75, 3.05) is 5.73 Å². The third kappa shape index (κ3) is 1.97. The van der Waals surface area contributed by atoms with Crippen LogP contribution >= 0.6 is 0 Å². The van der Waals surface area contributed by atoms with E-state index >= 15 is 0 Å². The minimum Gasteiger partial charge on any atom is -0.391 e. The number of aliphatic hydroxyl groups excluding tert-OH is 1. The molecule has 1 unspecified atom stereocenters. The molecular weight excluding hydrogens is 244 g/mol. The number of rotatable bonds is 2. The van der Waals surface area contributed by atoms with Gasteiger partial charge in [0, 0.05) is 12.1 Å². The first kappa shape index (κ1) is 12.4. The summed E-state index contributed by atoms with van der Waals surface area (Å²) in [6.45, 7) is 3.87. The third-order valence-electron chi connectivity index (χ3n) is 3.76. The van der Waals surface area contributed by atoms with Crippen LogP contribution < -0.4 is 5.73 Å². The van der Waals surface area contributed by atoms with Crippen LogP contribution in [0.4, 0.5) is 5.82 Å². The summed E-state index contributed by atoms with van der Waals surface area (Å²) in [5, 5.41) is 10.5. The summed E-state index contributed by atoms with van der Waals surface area (Å²) in [4.78, 5) is 8.26. The van der Waals surface area contributed by atoms with E-state index in [1.54, 1.807) is 6.92 Å². The van der Waals surface area contributed by atoms with Crippen LogP contribution in [0.2, 0.25) is 0 Å². The van der Waals surface area contributed by atoms with E-state index in [1.807, 2.05) is 16.8 Å². The third-order valence-corrected chi connectivity index (χ3v) is 3.76. The van der Waals surface area contributed by atoms with Crippen LogP contribution in [-0.2, 0) is 4.74 Å². The molecule has 1 aliphatic rings. The Morgan fingerprint density at radius 2 is 2.32 bits per heavy atom. The molecule has 3 N–H and O–H groups in total. The van der Waals surface area contributed by atoms with Crippen molar-refractivity contribution < 1.29 is 9.84 Å². The predicted molar refractivity (Wildman–Crippen MR) is 71.3 cm³/mol. The molecule has 0 bridgehead atoms. The molecule has 2 aromatic heterocycles. The van der Waals surface area contributed by atoms with E-state index < -0.39 is 6.10 Å². The van der Waals surface area contributed by atoms with Gasteiger partial charge in [-0.25, -0.2) is 9.97 Å². The van der Waals surface area contributed by atoms with Gasteiger partial charge in [-0.1, -0.05) is 6.92 Å². The number of ether oxygens (including phenoxy) is 1. The van der Waals surface area contributed by atoms with Gasteiger partial charge in [-0.05, 0) is 19.4 Å². The van der Waals surface area contributed by atoms with E-state index in [0.717, 1.165) is 17.5 Å². The molecule has 102 valence electrons. The maximum atomic E-state index is 9.66. The van der Waals surface area contributed by atoms with Crippen molar-refractivity contribution in [3.63, 3.8) is 0 Å². The molecule has 0 spiro atoms. The highest BCUT2D eigenvalue weighted by Gasteiger charge is 2.36. The SMILES string of the molecule is C[C@H](O)[C@@H]1C[C@H](C)C(n2ccc3c(N)ncnc32)O1. The Hall–Kier alpha value is -1.66. The quantitative estimate of drug-likeness (QED) is 0.852. The van der Waals surface area contributed by atoms with Crippen molar-refractivity contribution in [3.8, 4) is 0 Å². The van der Waals surface area contributed by atoms with E-state index in [4.69, 9.17) is 10.5 Å². The van der Waals surface area contributed by atoms with Gasteiger partial charge in [-0.15, -0.1) is 0 Å². The van der Waals surface area contributed by atoms with Crippen LogP contribution in [-0.4, -0.2) is 31.8 Å². The molecule has 0 aromatic carbocycles. The smallest absolute Gasteiger partial charge is 0.147 e. The topological polar surface area (TPSA) is 86.2 Å². The lowest BCUT2D eigenvalue weighted by molar-refractivity contribution is -0.0571. The van der Waals surface area contributed by atoms with Crippen LogP contribution in [0.5, 0.6) is 0 Å². The second kappa shape index (κ2) is 4.47. The first-order valence-corrected chi connectivity index (χ1v) is 6.48. The van der Waals surface area contributed by atoms with Crippen molar-refractivity contribution in [3.05, 3.63) is 18.6 Å². The number of aromatic nitrogens is 3. The predicted octanol–water partition coefficient (Wildman–Crippen LogP) is 1.32. The van der Waals surface area contributed by atoms with Crippen LogP contribution in [0.15, 0.2) is 18.6 Å². The van der Waals surface area contributed by atoms with Gasteiger partial charge in [0.2, 0.25) is 0 Å². The first-order chi connectivity index (χ1) is 9.08. The lowest BCUT2D eigenvalue weighted by Crippen LogP contribution is -2.22. The maximum absolute atomic E-state index is 9.66. The summed E-state index contributed by atoms with van der Waals surface area (Å²) in [7, 11) is 0. The summed E-state index contributed by atoms with van der Waals surface area (Å²) in [5.41, 5.74) is 6.61. The van der Waals surface area contributed by atoms with E-state index in [0.29, 0.717) is 11.7 Å². The second-order valence-corrected chi connectivity index (χ2v) is 5.24. The summed E-state index contributed by atoms with van der Waals surface area (Å²) in [5.74, 6) is 0.785. The number of nitrogens with zero attached hydrogens (tertiary/aromatic N) is 3. The number of nitrogens with two attached hydrogens (primary N) is 1. The Bertz CT molecular complexity index is 595. The number of hydrogen-bond acceptors (Lipinski definition) is 5. The zero-order chi connectivity index (χ0) is 13.6. The molecule has 0 saturated carbocycles. The molecule has 3 rings (SSSR count). The second-order valence-electron chi connectivity index (χ2n) is 5.24. The average Bonchev–Trinajstić information content (AvgIpc) is 2.93. The molecule has 0 radical (unpaired) electrons. The van der Waals surface area contributed by atoms with E-state index in [1.165, 1.54) is 6.33 Å². The summed E-state index contributed by atoms with van der Waals surface area (Å²) in [6, 6.07) is 1.90. The zero-order valence-corrected chi connectivity index (χ0v) is 11.0. The number of aliphatic hydroxyl groups is 1. The van der Waals surface area contributed by atoms with Crippen LogP contribution in [0.1, 0.15) is 26.5 Å². The van der Waals surface area contributed by atoms with Crippen LogP contribution in [0.3, 0.4) is 0 Å². The Labute approximate surface area is 111 Å². The first-order valence-electron chi connectivity index (χ1n) is 6.48. The van der Waals surface area contributed by atoms with Gasteiger partial charge in [0.15, 0.2) is 0 Å². The van der Waals surface area contributed by atoms with Crippen LogP contribution in [0.25, 0.3) is 11.0 Å². The van der Waals surface area contributed by atoms with Gasteiger partial charge in [-0.2, -0.15) is 0 Å². The molecule has 19 heavy (non-hydrogen) atoms. The van der Waals surface area contributed by atoms with Gasteiger partial charge in [0.25, 0.3) is 0 Å². The molecule has 3 heterocycles. The summed E-state index contributed by atoms with van der Waals surface area (Å²) in [6.07, 6.45) is 3.50. The lowest BCUT2D eigenvalue weighted by Gasteiger charge is -2.19. The summed E-state index contributed by atoms with van der Waals surface area (Å²) < 4.78 is 7.91. The molecular formula is C13H18N4O2. The van der Waals surface area contributed by atoms with Gasteiger partial charge < -0.3 is 20.1 Å². The largest absolute Gasteiger partial charge is 0.391 e. The lowest BCUT2D eigenvalue weighted by atomic mass is 10.0. The Morgan fingerprint density at radius 1 is 1.53 bits per heavy atom. The molecule has 4 atom stereocenters. The fourth-order valence-corrected chi connectivity index (χ4v) is 2.70. The Morgan fingerprint density at radius 3 is 3.00 bits per heavy atom. The normalized spacial score (nSPS) is 28.9. The van der Waals surface area contributed by atoms with Crippen LogP contribution in [0, 0.1) is 5.92 Å². The standard InChI is InChI=1S/C13H18N4O2/c1-7-5-10(8(2)18)19-13(7)17-4-3-9-11(14)15-6-16-12(9)17/h3-4,6-8,10,13,18H,5H2,1-2H3,(H2,14,15,16)/t7-,8-,10-,13?/m0/s1. The van der Waals surface area contributed by atoms with Crippen molar-refractivity contribution in [1.29, 1.82) is 0 Å². The minimum atomic E-state index is -0.464. The Balaban J connectivity index is 1.99. The van der Waals surface area contributed by atoms with Crippen molar-refractivity contribution >= 4 is 16.9 Å². The van der Waals surface area contributed by atoms with Crippen molar-refractivity contribution in [1.82, 2.24) is 14.5 Å². The van der Waals surface area contributed by atoms with Crippen molar-refractivity contribution in [2.24, 2.45) is 5.92 Å². The molecule has 2 aromatic rings. The highest BCUT2D eigenvalue weighted by atomic mass is 16.5. The molecule has 6 heteroatoms. The van der Waals surface area contributed by atoms with Crippen molar-refractivity contribution in [2.45, 2.75) is 38.7 Å². The zero-order valence-electron chi connectivity index (χ0n) is 11.0. The average molecular weight is 262 g/mol. The molecule has 1 fully saturated rings. The summed E-state index contributed by atoms with van der Waals surface area (Å²) >= 11 is 0. The molecule has 6 nitrogen and oxygen atoms in total. The van der Waals surface area contributed by atoms with Gasteiger partial charge in [-0.3, -0.25) is 0 Å². The number of anilines is 1. The van der Waals surface area contributed by atoms with E-state index in [-0.39, 0.29) is 12.3 Å². The van der Waals surface area contributed by atoms with E-state index in [2.05, 4.69) is 16.9 Å². The molecule has 1 saturated heterocycles. The molecule has 0 aliphatic carbocycles. The Kier molecular flexibility index (Phi) is 2.91. The number of nitrogen functional groups attached to an aromatic ring is 1. The maximum Gasteiger partial charge on any atom is 0.147 e. The van der Waals surface area contributed by atoms with E-state index in [9.17, 15) is 5.11 Å². The minimum absolute atomic E-state index is 0.119. The van der Waals surface area contributed by atoms with Gasteiger partial charge in [0.05, 0.1) is 17.6 Å². The fraction of sp³-hybridized carbons (Fsp3) is 0.538. The van der Waals surface area contributed by atoms with Gasteiger partial charge >= 0.3 is 0 Å². The number of hydrogen-bond donors (Lipinski definition) is 2. The fourth-order valence-electron chi connectivity index (χ4n) is 2.70. The van der Waals surface area contributed by atoms with Gasteiger partial charge in [0.1, 0.15) is 24.0 Å². The molecule has 1 aliphatic heterocycles. The highest BCUT2D eigenvalue weighted by Crippen LogP contribution is 2.37.